The van der Waals surface area contributed by atoms with E-state index in [1.807, 2.05) is 18.2 Å². The quantitative estimate of drug-likeness (QED) is 0.688. The lowest BCUT2D eigenvalue weighted by Gasteiger charge is -2.66. The first-order valence-electron chi connectivity index (χ1n) is 7.50. The molecule has 0 aliphatic heterocycles. The van der Waals surface area contributed by atoms with E-state index in [4.69, 9.17) is 0 Å². The van der Waals surface area contributed by atoms with E-state index in [1.54, 1.807) is 0 Å². The lowest BCUT2D eigenvalue weighted by Crippen LogP contribution is -2.64. The van der Waals surface area contributed by atoms with Crippen LogP contribution in [0.1, 0.15) is 38.2 Å². The van der Waals surface area contributed by atoms with Crippen molar-refractivity contribution in [2.45, 2.75) is 32.6 Å². The molecule has 0 radical (unpaired) electrons. The van der Waals surface area contributed by atoms with E-state index in [0.717, 1.165) is 12.0 Å². The van der Waals surface area contributed by atoms with Gasteiger partial charge in [-0.2, -0.15) is 0 Å². The highest BCUT2D eigenvalue weighted by Gasteiger charge is 2.66. The fourth-order valence-electron chi connectivity index (χ4n) is 5.05. The van der Waals surface area contributed by atoms with Gasteiger partial charge in [-0.25, -0.2) is 0 Å². The van der Waals surface area contributed by atoms with Crippen molar-refractivity contribution in [2.75, 3.05) is 0 Å². The van der Waals surface area contributed by atoms with Gasteiger partial charge in [-0.05, 0) is 53.7 Å². The second-order valence-electron chi connectivity index (χ2n) is 6.80. The van der Waals surface area contributed by atoms with Gasteiger partial charge in [0.25, 0.3) is 0 Å². The first kappa shape index (κ1) is 11.5. The van der Waals surface area contributed by atoms with Gasteiger partial charge in [0, 0.05) is 5.92 Å². The number of hydrogen-bond donors (Lipinski definition) is 0. The molecule has 4 saturated carbocycles. The van der Waals surface area contributed by atoms with Crippen LogP contribution in [-0.4, -0.2) is 5.78 Å². The number of carbonyl (C=O) groups excluding carboxylic acids is 1. The Labute approximate surface area is 114 Å². The topological polar surface area (TPSA) is 17.1 Å². The van der Waals surface area contributed by atoms with Crippen LogP contribution in [0.5, 0.6) is 0 Å². The molecule has 0 heterocycles. The first-order valence-corrected chi connectivity index (χ1v) is 7.50. The van der Waals surface area contributed by atoms with Crippen molar-refractivity contribution in [1.82, 2.24) is 0 Å². The lowest BCUT2D eigenvalue weighted by molar-refractivity contribution is -0.179. The molecule has 0 N–H and O–H groups in total. The Bertz CT molecular complexity index is 542. The highest BCUT2D eigenvalue weighted by Crippen LogP contribution is 2.69. The lowest BCUT2D eigenvalue weighted by atomic mass is 9.36. The minimum absolute atomic E-state index is 0.363. The zero-order chi connectivity index (χ0) is 13.0. The fourth-order valence-corrected chi connectivity index (χ4v) is 5.05. The van der Waals surface area contributed by atoms with Gasteiger partial charge >= 0.3 is 0 Å². The van der Waals surface area contributed by atoms with E-state index in [0.29, 0.717) is 29.0 Å². The van der Waals surface area contributed by atoms with Crippen LogP contribution < -0.4 is 0 Å². The summed E-state index contributed by atoms with van der Waals surface area (Å²) in [7, 11) is 0. The zero-order valence-electron chi connectivity index (χ0n) is 11.4. The van der Waals surface area contributed by atoms with Crippen molar-refractivity contribution in [3.8, 4) is 0 Å². The number of hydrogen-bond acceptors (Lipinski definition) is 1. The molecule has 4 aliphatic carbocycles. The van der Waals surface area contributed by atoms with Crippen LogP contribution in [-0.2, 0) is 4.79 Å². The molecule has 1 aromatic carbocycles. The molecule has 1 heteroatoms. The van der Waals surface area contributed by atoms with Gasteiger partial charge in [0.15, 0.2) is 5.78 Å². The minimum atomic E-state index is 0.363. The number of benzene rings is 1. The van der Waals surface area contributed by atoms with Gasteiger partial charge in [0.1, 0.15) is 0 Å². The highest BCUT2D eigenvalue weighted by atomic mass is 16.1. The molecular weight excluding hydrogens is 232 g/mol. The molecule has 2 atom stereocenters. The molecule has 0 amide bonds. The Morgan fingerprint density at radius 3 is 2.53 bits per heavy atom. The highest BCUT2D eigenvalue weighted by molar-refractivity contribution is 6.04. The van der Waals surface area contributed by atoms with Crippen LogP contribution in [0.3, 0.4) is 0 Å². The molecule has 0 saturated heterocycles. The van der Waals surface area contributed by atoms with Gasteiger partial charge in [0.05, 0.1) is 0 Å². The Kier molecular flexibility index (Phi) is 2.30. The minimum Gasteiger partial charge on any atom is -0.294 e. The maximum absolute atomic E-state index is 12.7. The number of fused-ring (bicyclic) bond motifs is 2. The summed E-state index contributed by atoms with van der Waals surface area (Å²) in [6.07, 6.45) is 7.03. The summed E-state index contributed by atoms with van der Waals surface area (Å²) in [5.41, 5.74) is 2.67. The average molecular weight is 252 g/mol. The summed E-state index contributed by atoms with van der Waals surface area (Å²) < 4.78 is 0. The molecule has 19 heavy (non-hydrogen) atoms. The molecule has 1 nitrogen and oxygen atoms in total. The number of rotatable bonds is 1. The van der Waals surface area contributed by atoms with Crippen LogP contribution in [0.4, 0.5) is 0 Å². The molecular formula is C18H20O. The summed E-state index contributed by atoms with van der Waals surface area (Å²) >= 11 is 0. The van der Waals surface area contributed by atoms with Crippen LogP contribution in [0.2, 0.25) is 0 Å². The van der Waals surface area contributed by atoms with Gasteiger partial charge in [0.2, 0.25) is 0 Å². The standard InChI is InChI=1S/C18H20O/c1-18-11-13(10-12-6-3-2-4-7-12)17(19)16-14(18)8-5-9-15(16)18/h2-4,6-7,10,14-16H,5,8-9,11H2,1H3/b13-10-. The number of ketones is 1. The Morgan fingerprint density at radius 2 is 1.84 bits per heavy atom. The largest absolute Gasteiger partial charge is 0.294 e. The van der Waals surface area contributed by atoms with Crippen LogP contribution >= 0.6 is 0 Å². The van der Waals surface area contributed by atoms with Crippen molar-refractivity contribution in [3.05, 3.63) is 41.5 Å². The normalized spacial score (nSPS) is 42.1. The Morgan fingerprint density at radius 1 is 1.16 bits per heavy atom. The van der Waals surface area contributed by atoms with Crippen molar-refractivity contribution < 1.29 is 4.79 Å². The number of Topliss-reactive ketones (excluding diaryl/α,β-unsaturated/α-hetero) is 1. The van der Waals surface area contributed by atoms with E-state index in [-0.39, 0.29) is 0 Å². The second kappa shape index (κ2) is 3.82. The monoisotopic (exact) mass is 252 g/mol. The molecule has 4 aliphatic rings. The molecule has 5 rings (SSSR count). The predicted molar refractivity (Wildman–Crippen MR) is 76.5 cm³/mol. The molecule has 98 valence electrons. The second-order valence-corrected chi connectivity index (χ2v) is 6.80. The van der Waals surface area contributed by atoms with Crippen molar-refractivity contribution >= 4 is 11.9 Å². The third kappa shape index (κ3) is 1.45. The van der Waals surface area contributed by atoms with Crippen molar-refractivity contribution in [2.24, 2.45) is 23.2 Å². The summed E-state index contributed by atoms with van der Waals surface area (Å²) in [6, 6.07) is 10.3. The molecule has 4 fully saturated rings. The predicted octanol–water partition coefficient (Wildman–Crippen LogP) is 4.10. The van der Waals surface area contributed by atoms with Gasteiger partial charge < -0.3 is 0 Å². The summed E-state index contributed by atoms with van der Waals surface area (Å²) in [6.45, 7) is 2.42. The fraction of sp³-hybridized carbons (Fsp3) is 0.500. The van der Waals surface area contributed by atoms with Crippen LogP contribution in [0.25, 0.3) is 6.08 Å². The van der Waals surface area contributed by atoms with E-state index >= 15 is 0 Å². The smallest absolute Gasteiger partial charge is 0.162 e. The van der Waals surface area contributed by atoms with E-state index in [9.17, 15) is 4.79 Å². The number of allylic oxidation sites excluding steroid dienone is 1. The summed E-state index contributed by atoms with van der Waals surface area (Å²) in [5, 5.41) is 0. The maximum Gasteiger partial charge on any atom is 0.162 e. The van der Waals surface area contributed by atoms with E-state index in [2.05, 4.69) is 25.1 Å². The summed E-state index contributed by atoms with van der Waals surface area (Å²) in [4.78, 5) is 12.7. The van der Waals surface area contributed by atoms with Crippen molar-refractivity contribution in [1.29, 1.82) is 0 Å². The maximum atomic E-state index is 12.7. The molecule has 0 spiro atoms. The molecule has 4 bridgehead atoms. The van der Waals surface area contributed by atoms with Crippen molar-refractivity contribution in [3.63, 3.8) is 0 Å². The molecule has 0 aromatic heterocycles. The van der Waals surface area contributed by atoms with Gasteiger partial charge in [-0.3, -0.25) is 4.79 Å². The molecule has 1 aromatic rings. The number of carbonyl (C=O) groups is 1. The summed E-state index contributed by atoms with van der Waals surface area (Å²) in [5.74, 6) is 2.20. The SMILES string of the molecule is CC12C/C(=C/c3ccccc3)C(=O)C3C1CCCC32. The van der Waals surface area contributed by atoms with Gasteiger partial charge in [-0.15, -0.1) is 0 Å². The Balaban J connectivity index is 1.68. The first-order chi connectivity index (χ1) is 9.20. The zero-order valence-corrected chi connectivity index (χ0v) is 11.4. The third-order valence-corrected chi connectivity index (χ3v) is 5.92. The van der Waals surface area contributed by atoms with Gasteiger partial charge in [-0.1, -0.05) is 43.7 Å². The third-order valence-electron chi connectivity index (χ3n) is 5.92. The van der Waals surface area contributed by atoms with Crippen LogP contribution in [0, 0.1) is 23.2 Å². The van der Waals surface area contributed by atoms with E-state index < -0.39 is 0 Å². The van der Waals surface area contributed by atoms with Crippen LogP contribution in [0.15, 0.2) is 35.9 Å². The van der Waals surface area contributed by atoms with E-state index in [1.165, 1.54) is 24.8 Å². The Hall–Kier alpha value is -1.37. The molecule has 2 unspecified atom stereocenters. The average Bonchev–Trinajstić information content (AvgIpc) is 2.45.